The molecular weight excluding hydrogens is 178 g/mol. The SMILES string of the molecule is Cc1nc(-c2cnn(C)c2)ncc1N. The van der Waals surface area contributed by atoms with Crippen molar-refractivity contribution in [1.29, 1.82) is 0 Å². The number of nitrogens with two attached hydrogens (primary N) is 1. The number of aromatic nitrogens is 4. The van der Waals surface area contributed by atoms with E-state index < -0.39 is 0 Å². The molecule has 5 heteroatoms. The molecule has 0 aliphatic heterocycles. The van der Waals surface area contributed by atoms with Gasteiger partial charge in [-0.05, 0) is 6.92 Å². The van der Waals surface area contributed by atoms with Crippen molar-refractivity contribution in [3.8, 4) is 11.4 Å². The summed E-state index contributed by atoms with van der Waals surface area (Å²) in [5.74, 6) is 0.657. The molecule has 0 aliphatic carbocycles. The van der Waals surface area contributed by atoms with Crippen LogP contribution in [0.5, 0.6) is 0 Å². The van der Waals surface area contributed by atoms with Crippen LogP contribution in [0.2, 0.25) is 0 Å². The van der Waals surface area contributed by atoms with E-state index in [9.17, 15) is 0 Å². The van der Waals surface area contributed by atoms with Gasteiger partial charge in [0.25, 0.3) is 0 Å². The lowest BCUT2D eigenvalue weighted by Gasteiger charge is -2.00. The predicted octanol–water partition coefficient (Wildman–Crippen LogP) is 0.768. The van der Waals surface area contributed by atoms with Crippen molar-refractivity contribution in [2.75, 3.05) is 5.73 Å². The Kier molecular flexibility index (Phi) is 1.92. The number of nitrogen functional groups attached to an aromatic ring is 1. The average Bonchev–Trinajstić information content (AvgIpc) is 2.57. The molecule has 0 saturated heterocycles. The Morgan fingerprint density at radius 2 is 2.14 bits per heavy atom. The zero-order valence-electron chi connectivity index (χ0n) is 8.10. The van der Waals surface area contributed by atoms with Gasteiger partial charge in [0.15, 0.2) is 5.82 Å². The maximum Gasteiger partial charge on any atom is 0.162 e. The molecule has 0 saturated carbocycles. The van der Waals surface area contributed by atoms with E-state index in [0.717, 1.165) is 11.3 Å². The number of hydrogen-bond acceptors (Lipinski definition) is 4. The van der Waals surface area contributed by atoms with Crippen LogP contribution in [0.15, 0.2) is 18.6 Å². The Labute approximate surface area is 81.6 Å². The summed E-state index contributed by atoms with van der Waals surface area (Å²) in [7, 11) is 1.85. The van der Waals surface area contributed by atoms with Crippen LogP contribution in [0.3, 0.4) is 0 Å². The van der Waals surface area contributed by atoms with Gasteiger partial charge in [-0.1, -0.05) is 0 Å². The fourth-order valence-electron chi connectivity index (χ4n) is 1.15. The lowest BCUT2D eigenvalue weighted by molar-refractivity contribution is 0.768. The summed E-state index contributed by atoms with van der Waals surface area (Å²) in [5.41, 5.74) is 7.92. The summed E-state index contributed by atoms with van der Waals surface area (Å²) in [5, 5.41) is 4.05. The highest BCUT2D eigenvalue weighted by Crippen LogP contribution is 2.15. The van der Waals surface area contributed by atoms with E-state index in [4.69, 9.17) is 5.73 Å². The van der Waals surface area contributed by atoms with Gasteiger partial charge in [0, 0.05) is 13.2 Å². The minimum Gasteiger partial charge on any atom is -0.396 e. The zero-order valence-corrected chi connectivity index (χ0v) is 8.10. The van der Waals surface area contributed by atoms with E-state index in [1.165, 1.54) is 0 Å². The first kappa shape index (κ1) is 8.68. The minimum absolute atomic E-state index is 0.609. The molecule has 0 spiro atoms. The summed E-state index contributed by atoms with van der Waals surface area (Å²) in [6.07, 6.45) is 5.21. The van der Waals surface area contributed by atoms with Crippen molar-refractivity contribution in [3.05, 3.63) is 24.3 Å². The van der Waals surface area contributed by atoms with Crippen molar-refractivity contribution >= 4 is 5.69 Å². The van der Waals surface area contributed by atoms with Gasteiger partial charge in [-0.2, -0.15) is 5.10 Å². The van der Waals surface area contributed by atoms with Crippen LogP contribution in [0, 0.1) is 6.92 Å². The predicted molar refractivity (Wildman–Crippen MR) is 53.4 cm³/mol. The number of aryl methyl sites for hydroxylation is 2. The summed E-state index contributed by atoms with van der Waals surface area (Å²) in [4.78, 5) is 8.40. The first-order valence-corrected chi connectivity index (χ1v) is 4.25. The van der Waals surface area contributed by atoms with Crippen LogP contribution < -0.4 is 5.73 Å². The molecular formula is C9H11N5. The monoisotopic (exact) mass is 189 g/mol. The Morgan fingerprint density at radius 3 is 2.71 bits per heavy atom. The second-order valence-corrected chi connectivity index (χ2v) is 3.14. The lowest BCUT2D eigenvalue weighted by atomic mass is 10.3. The lowest BCUT2D eigenvalue weighted by Crippen LogP contribution is -1.96. The van der Waals surface area contributed by atoms with Crippen molar-refractivity contribution in [3.63, 3.8) is 0 Å². The molecule has 0 aromatic carbocycles. The smallest absolute Gasteiger partial charge is 0.162 e. The van der Waals surface area contributed by atoms with Gasteiger partial charge in [-0.25, -0.2) is 9.97 Å². The van der Waals surface area contributed by atoms with Gasteiger partial charge in [0.1, 0.15) is 0 Å². The maximum absolute atomic E-state index is 5.63. The Morgan fingerprint density at radius 1 is 1.36 bits per heavy atom. The highest BCUT2D eigenvalue weighted by molar-refractivity contribution is 5.54. The van der Waals surface area contributed by atoms with Crippen LogP contribution in [0.1, 0.15) is 5.69 Å². The van der Waals surface area contributed by atoms with Crippen LogP contribution in [0.4, 0.5) is 5.69 Å². The fourth-order valence-corrected chi connectivity index (χ4v) is 1.15. The summed E-state index contributed by atoms with van der Waals surface area (Å²) in [6.45, 7) is 1.86. The number of nitrogens with zero attached hydrogens (tertiary/aromatic N) is 4. The minimum atomic E-state index is 0.609. The molecule has 0 amide bonds. The molecule has 2 N–H and O–H groups in total. The average molecular weight is 189 g/mol. The molecule has 72 valence electrons. The Bertz CT molecular complexity index is 460. The first-order chi connectivity index (χ1) is 6.66. The Hall–Kier alpha value is -1.91. The van der Waals surface area contributed by atoms with Gasteiger partial charge >= 0.3 is 0 Å². The highest BCUT2D eigenvalue weighted by atomic mass is 15.2. The van der Waals surface area contributed by atoms with E-state index in [2.05, 4.69) is 15.1 Å². The van der Waals surface area contributed by atoms with Gasteiger partial charge in [-0.3, -0.25) is 4.68 Å². The molecule has 2 aromatic heterocycles. The van der Waals surface area contributed by atoms with Gasteiger partial charge in [0.2, 0.25) is 0 Å². The van der Waals surface area contributed by atoms with E-state index in [-0.39, 0.29) is 0 Å². The molecule has 2 heterocycles. The molecule has 14 heavy (non-hydrogen) atoms. The van der Waals surface area contributed by atoms with Crippen LogP contribution in [0.25, 0.3) is 11.4 Å². The third-order valence-corrected chi connectivity index (χ3v) is 1.98. The molecule has 0 radical (unpaired) electrons. The summed E-state index contributed by atoms with van der Waals surface area (Å²) >= 11 is 0. The summed E-state index contributed by atoms with van der Waals surface area (Å²) < 4.78 is 1.71. The normalized spacial score (nSPS) is 10.4. The van der Waals surface area contributed by atoms with Crippen LogP contribution in [-0.4, -0.2) is 19.7 Å². The quantitative estimate of drug-likeness (QED) is 0.719. The fraction of sp³-hybridized carbons (Fsp3) is 0.222. The Balaban J connectivity index is 2.47. The standard InChI is InChI=1S/C9H11N5/c1-6-8(10)4-11-9(13-6)7-3-12-14(2)5-7/h3-5H,10H2,1-2H3. The third-order valence-electron chi connectivity index (χ3n) is 1.98. The third kappa shape index (κ3) is 1.44. The highest BCUT2D eigenvalue weighted by Gasteiger charge is 2.04. The van der Waals surface area contributed by atoms with Crippen molar-refractivity contribution in [2.24, 2.45) is 7.05 Å². The molecule has 0 atom stereocenters. The van der Waals surface area contributed by atoms with E-state index in [0.29, 0.717) is 11.5 Å². The second kappa shape index (κ2) is 3.10. The molecule has 0 unspecified atom stereocenters. The molecule has 5 nitrogen and oxygen atoms in total. The van der Waals surface area contributed by atoms with E-state index in [1.807, 2.05) is 20.2 Å². The molecule has 2 aromatic rings. The molecule has 2 rings (SSSR count). The second-order valence-electron chi connectivity index (χ2n) is 3.14. The van der Waals surface area contributed by atoms with Crippen molar-refractivity contribution < 1.29 is 0 Å². The van der Waals surface area contributed by atoms with Crippen molar-refractivity contribution in [1.82, 2.24) is 19.7 Å². The van der Waals surface area contributed by atoms with Crippen LogP contribution >= 0.6 is 0 Å². The van der Waals surface area contributed by atoms with Gasteiger partial charge in [0.05, 0.1) is 29.3 Å². The van der Waals surface area contributed by atoms with Crippen LogP contribution in [-0.2, 0) is 7.05 Å². The van der Waals surface area contributed by atoms with Gasteiger partial charge in [-0.15, -0.1) is 0 Å². The van der Waals surface area contributed by atoms with Crippen molar-refractivity contribution in [2.45, 2.75) is 6.92 Å². The number of rotatable bonds is 1. The number of hydrogen-bond donors (Lipinski definition) is 1. The molecule has 0 bridgehead atoms. The topological polar surface area (TPSA) is 69.6 Å². The number of anilines is 1. The zero-order chi connectivity index (χ0) is 10.1. The molecule has 0 fully saturated rings. The maximum atomic E-state index is 5.63. The van der Waals surface area contributed by atoms with E-state index >= 15 is 0 Å². The van der Waals surface area contributed by atoms with E-state index in [1.54, 1.807) is 17.1 Å². The van der Waals surface area contributed by atoms with Gasteiger partial charge < -0.3 is 5.73 Å². The molecule has 0 aliphatic rings. The first-order valence-electron chi connectivity index (χ1n) is 4.25. The largest absolute Gasteiger partial charge is 0.396 e. The summed E-state index contributed by atoms with van der Waals surface area (Å²) in [6, 6.07) is 0.